The highest BCUT2D eigenvalue weighted by Crippen LogP contribution is 2.33. The number of hydrogen-bond acceptors (Lipinski definition) is 3. The van der Waals surface area contributed by atoms with Crippen LogP contribution in [0.3, 0.4) is 0 Å². The van der Waals surface area contributed by atoms with Crippen molar-refractivity contribution >= 4 is 22.9 Å². The van der Waals surface area contributed by atoms with Gasteiger partial charge in [-0.05, 0) is 36.1 Å². The Kier molecular flexibility index (Phi) is 5.30. The summed E-state index contributed by atoms with van der Waals surface area (Å²) in [7, 11) is 1.67. The fourth-order valence-electron chi connectivity index (χ4n) is 2.07. The summed E-state index contributed by atoms with van der Waals surface area (Å²) < 4.78 is 38.6. The number of nitrogens with one attached hydrogen (secondary N) is 1. The van der Waals surface area contributed by atoms with Crippen LogP contribution in [0.25, 0.3) is 0 Å². The first-order chi connectivity index (χ1) is 10.8. The Balaban J connectivity index is 1.96. The van der Waals surface area contributed by atoms with Crippen molar-refractivity contribution in [2.45, 2.75) is 19.6 Å². The smallest absolute Gasteiger partial charge is 0.376 e. The molecule has 0 radical (unpaired) electrons. The lowest BCUT2D eigenvalue weighted by Gasteiger charge is -2.18. The molecule has 0 aliphatic carbocycles. The molecule has 1 N–H and O–H groups in total. The van der Waals surface area contributed by atoms with Crippen molar-refractivity contribution in [3.63, 3.8) is 0 Å². The van der Waals surface area contributed by atoms with Gasteiger partial charge in [0.25, 0.3) is 0 Å². The summed E-state index contributed by atoms with van der Waals surface area (Å²) in [5.74, 6) is -0.187. The maximum Gasteiger partial charge on any atom is 0.416 e. The number of hydrogen-bond donors (Lipinski definition) is 1. The minimum absolute atomic E-state index is 0.0533. The summed E-state index contributed by atoms with van der Waals surface area (Å²) in [5, 5.41) is 4.68. The molecule has 23 heavy (non-hydrogen) atoms. The van der Waals surface area contributed by atoms with Crippen LogP contribution >= 0.6 is 11.3 Å². The van der Waals surface area contributed by atoms with Gasteiger partial charge in [-0.25, -0.2) is 0 Å². The van der Waals surface area contributed by atoms with E-state index in [1.165, 1.54) is 24.0 Å². The molecule has 2 rings (SSSR count). The molecule has 1 aromatic heterocycles. The van der Waals surface area contributed by atoms with Gasteiger partial charge in [-0.3, -0.25) is 4.79 Å². The maximum absolute atomic E-state index is 12.9. The van der Waals surface area contributed by atoms with Crippen LogP contribution in [0.2, 0.25) is 0 Å². The molecule has 0 aliphatic heterocycles. The summed E-state index contributed by atoms with van der Waals surface area (Å²) in [4.78, 5) is 14.6. The van der Waals surface area contributed by atoms with Crippen molar-refractivity contribution < 1.29 is 18.0 Å². The molecule has 0 spiro atoms. The number of carbonyl (C=O) groups is 1. The first-order valence-corrected chi connectivity index (χ1v) is 7.83. The number of halogens is 3. The first-order valence-electron chi connectivity index (χ1n) is 6.95. The third-order valence-corrected chi connectivity index (χ3v) is 4.25. The molecule has 1 aromatic carbocycles. The van der Waals surface area contributed by atoms with E-state index in [-0.39, 0.29) is 23.7 Å². The molecule has 0 aliphatic rings. The Bertz CT molecular complexity index is 668. The van der Waals surface area contributed by atoms with Crippen LogP contribution in [0.5, 0.6) is 0 Å². The maximum atomic E-state index is 12.9. The van der Waals surface area contributed by atoms with E-state index in [0.717, 1.165) is 10.9 Å². The fourth-order valence-corrected chi connectivity index (χ4v) is 2.83. The van der Waals surface area contributed by atoms with E-state index in [1.807, 2.05) is 17.5 Å². The molecule has 124 valence electrons. The van der Waals surface area contributed by atoms with Gasteiger partial charge in [0.15, 0.2) is 0 Å². The second kappa shape index (κ2) is 7.04. The first kappa shape index (κ1) is 17.3. The third-order valence-electron chi connectivity index (χ3n) is 3.39. The van der Waals surface area contributed by atoms with Crippen LogP contribution in [-0.2, 0) is 17.5 Å². The van der Waals surface area contributed by atoms with Gasteiger partial charge in [0.2, 0.25) is 5.91 Å². The predicted octanol–water partition coefficient (Wildman–Crippen LogP) is 4.15. The lowest BCUT2D eigenvalue weighted by Crippen LogP contribution is -2.31. The summed E-state index contributed by atoms with van der Waals surface area (Å²) >= 11 is 1.55. The topological polar surface area (TPSA) is 32.3 Å². The second-order valence-electron chi connectivity index (χ2n) is 5.21. The van der Waals surface area contributed by atoms with E-state index in [0.29, 0.717) is 6.54 Å². The van der Waals surface area contributed by atoms with Crippen LogP contribution in [0, 0.1) is 6.92 Å². The Hall–Kier alpha value is -2.02. The zero-order chi connectivity index (χ0) is 17.0. The average molecular weight is 342 g/mol. The number of nitrogens with zero attached hydrogens (tertiary/aromatic N) is 1. The molecule has 0 atom stereocenters. The molecule has 0 bridgehead atoms. The number of alkyl halides is 3. The standard InChI is InChI=1S/C16H17F3N2OS/c1-11-5-6-12(8-14(11)16(17,18)19)20-9-15(22)21(2)10-13-4-3-7-23-13/h3-8,20H,9-10H2,1-2H3. The highest BCUT2D eigenvalue weighted by Gasteiger charge is 2.32. The number of likely N-dealkylation sites (N-methyl/N-ethyl adjacent to an activating group) is 1. The van der Waals surface area contributed by atoms with E-state index in [1.54, 1.807) is 18.4 Å². The molecule has 0 fully saturated rings. The van der Waals surface area contributed by atoms with Crippen molar-refractivity contribution in [1.82, 2.24) is 4.90 Å². The highest BCUT2D eigenvalue weighted by atomic mass is 32.1. The van der Waals surface area contributed by atoms with E-state index in [2.05, 4.69) is 5.32 Å². The van der Waals surface area contributed by atoms with Gasteiger partial charge in [0.05, 0.1) is 18.7 Å². The fraction of sp³-hybridized carbons (Fsp3) is 0.312. The number of carbonyl (C=O) groups excluding carboxylic acids is 1. The SMILES string of the molecule is Cc1ccc(NCC(=O)N(C)Cc2cccs2)cc1C(F)(F)F. The molecule has 1 amide bonds. The van der Waals surface area contributed by atoms with Crippen molar-refractivity contribution in [3.05, 3.63) is 51.7 Å². The van der Waals surface area contributed by atoms with Crippen molar-refractivity contribution in [3.8, 4) is 0 Å². The number of rotatable bonds is 5. The molecule has 0 unspecified atom stereocenters. The molecule has 1 heterocycles. The van der Waals surface area contributed by atoms with Crippen LogP contribution in [0.1, 0.15) is 16.0 Å². The van der Waals surface area contributed by atoms with Crippen LogP contribution in [0.15, 0.2) is 35.7 Å². The number of anilines is 1. The molecule has 0 saturated heterocycles. The number of amides is 1. The van der Waals surface area contributed by atoms with Gasteiger partial charge in [0, 0.05) is 17.6 Å². The van der Waals surface area contributed by atoms with E-state index >= 15 is 0 Å². The molecule has 2 aromatic rings. The largest absolute Gasteiger partial charge is 0.416 e. The van der Waals surface area contributed by atoms with Gasteiger partial charge in [0.1, 0.15) is 0 Å². The van der Waals surface area contributed by atoms with E-state index < -0.39 is 11.7 Å². The van der Waals surface area contributed by atoms with E-state index in [4.69, 9.17) is 0 Å². The van der Waals surface area contributed by atoms with Gasteiger partial charge in [-0.2, -0.15) is 13.2 Å². The normalized spacial score (nSPS) is 11.3. The van der Waals surface area contributed by atoms with E-state index in [9.17, 15) is 18.0 Å². The molecule has 7 heteroatoms. The van der Waals surface area contributed by atoms with Crippen molar-refractivity contribution in [1.29, 1.82) is 0 Å². The molecule has 0 saturated carbocycles. The molecular weight excluding hydrogens is 325 g/mol. The minimum atomic E-state index is -4.40. The minimum Gasteiger partial charge on any atom is -0.376 e. The third kappa shape index (κ3) is 4.72. The lowest BCUT2D eigenvalue weighted by molar-refractivity contribution is -0.138. The zero-order valence-corrected chi connectivity index (χ0v) is 13.6. The summed E-state index contributed by atoms with van der Waals surface area (Å²) in [6.07, 6.45) is -4.40. The Morgan fingerprint density at radius 1 is 1.30 bits per heavy atom. The number of thiophene rings is 1. The number of aryl methyl sites for hydroxylation is 1. The highest BCUT2D eigenvalue weighted by molar-refractivity contribution is 7.09. The molecular formula is C16H17F3N2OS. The Labute approximate surface area is 136 Å². The van der Waals surface area contributed by atoms with Crippen LogP contribution in [-0.4, -0.2) is 24.4 Å². The van der Waals surface area contributed by atoms with Gasteiger partial charge in [-0.15, -0.1) is 11.3 Å². The van der Waals surface area contributed by atoms with Crippen LogP contribution in [0.4, 0.5) is 18.9 Å². The van der Waals surface area contributed by atoms with Crippen LogP contribution < -0.4 is 5.32 Å². The zero-order valence-electron chi connectivity index (χ0n) is 12.8. The monoisotopic (exact) mass is 342 g/mol. The quantitative estimate of drug-likeness (QED) is 0.885. The van der Waals surface area contributed by atoms with Crippen molar-refractivity contribution in [2.75, 3.05) is 18.9 Å². The Morgan fingerprint density at radius 3 is 2.65 bits per heavy atom. The predicted molar refractivity (Wildman–Crippen MR) is 85.5 cm³/mol. The van der Waals surface area contributed by atoms with Crippen molar-refractivity contribution in [2.24, 2.45) is 0 Å². The molecule has 3 nitrogen and oxygen atoms in total. The number of benzene rings is 1. The second-order valence-corrected chi connectivity index (χ2v) is 6.24. The summed E-state index contributed by atoms with van der Waals surface area (Å²) in [5.41, 5.74) is -0.258. The average Bonchev–Trinajstić information content (AvgIpc) is 2.97. The summed E-state index contributed by atoms with van der Waals surface area (Å²) in [6, 6.07) is 7.79. The Morgan fingerprint density at radius 2 is 2.04 bits per heavy atom. The van der Waals surface area contributed by atoms with Gasteiger partial charge < -0.3 is 10.2 Å². The van der Waals surface area contributed by atoms with Gasteiger partial charge >= 0.3 is 6.18 Å². The van der Waals surface area contributed by atoms with Gasteiger partial charge in [-0.1, -0.05) is 12.1 Å². The summed E-state index contributed by atoms with van der Waals surface area (Å²) in [6.45, 7) is 1.84. The lowest BCUT2D eigenvalue weighted by atomic mass is 10.1.